The Morgan fingerprint density at radius 3 is 2.44 bits per heavy atom. The van der Waals surface area contributed by atoms with Crippen LogP contribution in [0.4, 0.5) is 11.4 Å². The minimum Gasteiger partial charge on any atom is -0.371 e. The molecule has 0 saturated carbocycles. The highest BCUT2D eigenvalue weighted by atomic mass is 16.2. The number of nitrogens with one attached hydrogen (secondary N) is 2. The molecule has 0 aliphatic carbocycles. The first-order valence-corrected chi connectivity index (χ1v) is 11.5. The molecular formula is C26H29N5O3. The second-order valence-corrected chi connectivity index (χ2v) is 8.62. The van der Waals surface area contributed by atoms with Crippen molar-refractivity contribution in [1.82, 2.24) is 15.1 Å². The van der Waals surface area contributed by atoms with Gasteiger partial charge in [0.1, 0.15) is 0 Å². The fourth-order valence-electron chi connectivity index (χ4n) is 4.12. The van der Waals surface area contributed by atoms with Crippen LogP contribution in [0.15, 0.2) is 65.5 Å². The number of carbonyl (C=O) groups excluding carboxylic acids is 2. The van der Waals surface area contributed by atoms with Crippen LogP contribution < -0.4 is 21.0 Å². The van der Waals surface area contributed by atoms with Crippen molar-refractivity contribution in [3.05, 3.63) is 82.3 Å². The number of carbonyl (C=O) groups is 2. The number of rotatable bonds is 7. The van der Waals surface area contributed by atoms with Crippen molar-refractivity contribution < 1.29 is 9.59 Å². The Hall–Kier alpha value is -3.94. The van der Waals surface area contributed by atoms with E-state index in [2.05, 4.69) is 20.6 Å². The SMILES string of the molecule is Cc1cc(=O)c(C(=O)NC(C)CC(=O)Nc2cccc(N3CCCC3)c2)nn1-c1ccccc1. The van der Waals surface area contributed by atoms with Crippen molar-refractivity contribution >= 4 is 23.2 Å². The van der Waals surface area contributed by atoms with Crippen LogP contribution in [0.2, 0.25) is 0 Å². The fourth-order valence-corrected chi connectivity index (χ4v) is 4.12. The quantitative estimate of drug-likeness (QED) is 0.565. The molecule has 1 aliphatic heterocycles. The lowest BCUT2D eigenvalue weighted by Crippen LogP contribution is -2.39. The van der Waals surface area contributed by atoms with Crippen LogP contribution in [0.5, 0.6) is 0 Å². The van der Waals surface area contributed by atoms with E-state index in [1.54, 1.807) is 18.5 Å². The molecule has 2 N–H and O–H groups in total. The van der Waals surface area contributed by atoms with Gasteiger partial charge in [0.05, 0.1) is 5.69 Å². The van der Waals surface area contributed by atoms with Crippen LogP contribution in [-0.2, 0) is 4.79 Å². The Bertz CT molecular complexity index is 1230. The van der Waals surface area contributed by atoms with E-state index in [0.717, 1.165) is 30.2 Å². The molecule has 1 aliphatic rings. The number of amides is 2. The second kappa shape index (κ2) is 10.3. The molecule has 34 heavy (non-hydrogen) atoms. The number of benzene rings is 2. The molecule has 2 amide bonds. The molecule has 3 aromatic rings. The maximum atomic E-state index is 12.8. The Kier molecular flexibility index (Phi) is 7.06. The van der Waals surface area contributed by atoms with Crippen LogP contribution >= 0.6 is 0 Å². The zero-order chi connectivity index (χ0) is 24.1. The monoisotopic (exact) mass is 459 g/mol. The molecule has 0 bridgehead atoms. The second-order valence-electron chi connectivity index (χ2n) is 8.62. The molecule has 2 heterocycles. The zero-order valence-corrected chi connectivity index (χ0v) is 19.5. The molecule has 8 nitrogen and oxygen atoms in total. The van der Waals surface area contributed by atoms with Gasteiger partial charge in [-0.15, -0.1) is 0 Å². The number of nitrogens with zero attached hydrogens (tertiary/aromatic N) is 3. The Morgan fingerprint density at radius 2 is 1.71 bits per heavy atom. The van der Waals surface area contributed by atoms with Crippen LogP contribution in [0.3, 0.4) is 0 Å². The fraction of sp³-hybridized carbons (Fsp3) is 0.308. The third kappa shape index (κ3) is 5.51. The molecule has 1 fully saturated rings. The van der Waals surface area contributed by atoms with Crippen molar-refractivity contribution in [3.63, 3.8) is 0 Å². The van der Waals surface area contributed by atoms with Gasteiger partial charge >= 0.3 is 0 Å². The zero-order valence-electron chi connectivity index (χ0n) is 19.5. The van der Waals surface area contributed by atoms with Crippen molar-refractivity contribution in [2.75, 3.05) is 23.3 Å². The highest BCUT2D eigenvalue weighted by Gasteiger charge is 2.19. The van der Waals surface area contributed by atoms with Crippen molar-refractivity contribution in [3.8, 4) is 5.69 Å². The van der Waals surface area contributed by atoms with Gasteiger partial charge in [-0.05, 0) is 57.0 Å². The Morgan fingerprint density at radius 1 is 1.00 bits per heavy atom. The minimum atomic E-state index is -0.606. The molecule has 176 valence electrons. The summed E-state index contributed by atoms with van der Waals surface area (Å²) < 4.78 is 1.56. The van der Waals surface area contributed by atoms with E-state index < -0.39 is 17.4 Å². The van der Waals surface area contributed by atoms with E-state index >= 15 is 0 Å². The summed E-state index contributed by atoms with van der Waals surface area (Å²) in [5, 5.41) is 9.90. The molecule has 1 aromatic heterocycles. The average molecular weight is 460 g/mol. The van der Waals surface area contributed by atoms with Crippen LogP contribution in [0.1, 0.15) is 42.4 Å². The topological polar surface area (TPSA) is 96.3 Å². The van der Waals surface area contributed by atoms with E-state index in [0.29, 0.717) is 5.69 Å². The van der Waals surface area contributed by atoms with Gasteiger partial charge in [0.25, 0.3) is 5.91 Å². The Balaban J connectivity index is 1.39. The molecule has 0 radical (unpaired) electrons. The standard InChI is InChI=1S/C26H29N5O3/c1-18(15-24(33)28-20-9-8-12-22(17-20)30-13-6-7-14-30)27-26(34)25-23(32)16-19(2)31(29-25)21-10-4-3-5-11-21/h3-5,8-12,16-18H,6-7,13-15H2,1-2H3,(H,27,34)(H,28,33). The summed E-state index contributed by atoms with van der Waals surface area (Å²) in [5.74, 6) is -0.823. The lowest BCUT2D eigenvalue weighted by molar-refractivity contribution is -0.116. The van der Waals surface area contributed by atoms with Gasteiger partial charge in [-0.25, -0.2) is 4.68 Å². The predicted octanol–water partition coefficient (Wildman–Crippen LogP) is 3.29. The van der Waals surface area contributed by atoms with Gasteiger partial charge < -0.3 is 15.5 Å². The molecule has 8 heteroatoms. The van der Waals surface area contributed by atoms with Gasteiger partial charge in [-0.2, -0.15) is 5.10 Å². The summed E-state index contributed by atoms with van der Waals surface area (Å²) in [6.45, 7) is 5.54. The molecule has 1 atom stereocenters. The van der Waals surface area contributed by atoms with Crippen LogP contribution in [0, 0.1) is 6.92 Å². The van der Waals surface area contributed by atoms with E-state index in [9.17, 15) is 14.4 Å². The van der Waals surface area contributed by atoms with Crippen molar-refractivity contribution in [2.24, 2.45) is 0 Å². The summed E-state index contributed by atoms with van der Waals surface area (Å²) in [6, 6.07) is 18.0. The maximum absolute atomic E-state index is 12.8. The van der Waals surface area contributed by atoms with Gasteiger partial charge in [0.15, 0.2) is 5.69 Å². The number of anilines is 2. The van der Waals surface area contributed by atoms with Crippen LogP contribution in [0.25, 0.3) is 5.69 Å². The number of hydrogen-bond donors (Lipinski definition) is 2. The first-order chi connectivity index (χ1) is 16.4. The van der Waals surface area contributed by atoms with Gasteiger partial charge in [0.2, 0.25) is 11.3 Å². The smallest absolute Gasteiger partial charge is 0.276 e. The lowest BCUT2D eigenvalue weighted by Gasteiger charge is -2.19. The summed E-state index contributed by atoms with van der Waals surface area (Å²) in [4.78, 5) is 40.1. The van der Waals surface area contributed by atoms with Gasteiger partial charge in [-0.1, -0.05) is 24.3 Å². The third-order valence-corrected chi connectivity index (χ3v) is 5.79. The summed E-state index contributed by atoms with van der Waals surface area (Å²) in [7, 11) is 0. The molecule has 1 saturated heterocycles. The molecule has 4 rings (SSSR count). The summed E-state index contributed by atoms with van der Waals surface area (Å²) >= 11 is 0. The molecule has 2 aromatic carbocycles. The summed E-state index contributed by atoms with van der Waals surface area (Å²) in [5.41, 5.74) is 2.52. The first-order valence-electron chi connectivity index (χ1n) is 11.5. The number of aryl methyl sites for hydroxylation is 1. The number of aromatic nitrogens is 2. The highest BCUT2D eigenvalue weighted by Crippen LogP contribution is 2.23. The molecular weight excluding hydrogens is 430 g/mol. The van der Waals surface area contributed by atoms with Gasteiger partial charge in [0, 0.05) is 48.7 Å². The van der Waals surface area contributed by atoms with E-state index in [4.69, 9.17) is 0 Å². The van der Waals surface area contributed by atoms with Crippen molar-refractivity contribution in [1.29, 1.82) is 0 Å². The van der Waals surface area contributed by atoms with E-state index in [1.165, 1.54) is 18.9 Å². The normalized spacial score (nSPS) is 14.0. The third-order valence-electron chi connectivity index (χ3n) is 5.79. The molecule has 1 unspecified atom stereocenters. The number of para-hydroxylation sites is 1. The molecule has 0 spiro atoms. The largest absolute Gasteiger partial charge is 0.371 e. The number of hydrogen-bond acceptors (Lipinski definition) is 5. The van der Waals surface area contributed by atoms with Gasteiger partial charge in [-0.3, -0.25) is 14.4 Å². The predicted molar refractivity (Wildman–Crippen MR) is 133 cm³/mol. The van der Waals surface area contributed by atoms with E-state index in [-0.39, 0.29) is 18.0 Å². The maximum Gasteiger partial charge on any atom is 0.276 e. The average Bonchev–Trinajstić information content (AvgIpc) is 3.35. The Labute approximate surface area is 198 Å². The van der Waals surface area contributed by atoms with Crippen LogP contribution in [-0.4, -0.2) is 40.7 Å². The van der Waals surface area contributed by atoms with E-state index in [1.807, 2.05) is 54.6 Å². The summed E-state index contributed by atoms with van der Waals surface area (Å²) in [6.07, 6.45) is 2.43. The van der Waals surface area contributed by atoms with Crippen molar-refractivity contribution in [2.45, 2.75) is 39.2 Å². The lowest BCUT2D eigenvalue weighted by atomic mass is 10.2. The minimum absolute atomic E-state index is 0.0679. The first kappa shape index (κ1) is 23.2. The highest BCUT2D eigenvalue weighted by molar-refractivity contribution is 5.94.